The lowest BCUT2D eigenvalue weighted by Crippen LogP contribution is -2.35. The highest BCUT2D eigenvalue weighted by atomic mass is 19.1. The van der Waals surface area contributed by atoms with E-state index in [4.69, 9.17) is 5.11 Å². The Bertz CT molecular complexity index is 1370. The number of benzene rings is 1. The van der Waals surface area contributed by atoms with Crippen LogP contribution >= 0.6 is 0 Å². The summed E-state index contributed by atoms with van der Waals surface area (Å²) >= 11 is 0. The molecule has 0 saturated carbocycles. The summed E-state index contributed by atoms with van der Waals surface area (Å²) in [6.45, 7) is 1.22. The molecule has 0 atom stereocenters. The number of piperidine rings is 1. The minimum atomic E-state index is -1.23. The predicted molar refractivity (Wildman–Crippen MR) is 123 cm³/mol. The van der Waals surface area contributed by atoms with Gasteiger partial charge in [-0.2, -0.15) is 0 Å². The van der Waals surface area contributed by atoms with Crippen molar-refractivity contribution in [3.63, 3.8) is 0 Å². The first kappa shape index (κ1) is 24.1. The molecule has 0 unspecified atom stereocenters. The molecule has 5 rings (SSSR count). The second kappa shape index (κ2) is 9.69. The smallest absolute Gasteiger partial charge is 0.335 e. The van der Waals surface area contributed by atoms with Gasteiger partial charge < -0.3 is 14.6 Å². The second-order valence-electron chi connectivity index (χ2n) is 8.11. The van der Waals surface area contributed by atoms with Crippen molar-refractivity contribution in [3.8, 4) is 0 Å². The van der Waals surface area contributed by atoms with E-state index in [1.165, 1.54) is 24.7 Å². The highest BCUT2D eigenvalue weighted by Gasteiger charge is 2.26. The van der Waals surface area contributed by atoms with Gasteiger partial charge in [0.2, 0.25) is 5.95 Å². The Balaban J connectivity index is 0.00000289. The first-order valence-electron chi connectivity index (χ1n) is 10.6. The average Bonchev–Trinajstić information content (AvgIpc) is 3.18. The number of aromatic carboxylic acids is 1. The first-order valence-corrected chi connectivity index (χ1v) is 10.6. The molecule has 8 nitrogen and oxygen atoms in total. The number of carboxylic acids is 1. The summed E-state index contributed by atoms with van der Waals surface area (Å²) in [6.07, 6.45) is 6.30. The van der Waals surface area contributed by atoms with Crippen LogP contribution in [0.4, 0.5) is 19.1 Å². The van der Waals surface area contributed by atoms with Crippen LogP contribution in [-0.2, 0) is 6.42 Å². The molecule has 0 aliphatic carbocycles. The summed E-state index contributed by atoms with van der Waals surface area (Å²) in [6, 6.07) is 3.59. The second-order valence-corrected chi connectivity index (χ2v) is 8.11. The number of carboxylic acid groups (broad SMARTS) is 1. The predicted octanol–water partition coefficient (Wildman–Crippen LogP) is 4.41. The van der Waals surface area contributed by atoms with Crippen LogP contribution in [0.25, 0.3) is 11.0 Å². The highest BCUT2D eigenvalue weighted by molar-refractivity contribution is 5.87. The maximum atomic E-state index is 15.0. The molecular formula is C24H23F3N6O2. The Morgan fingerprint density at radius 3 is 2.40 bits per heavy atom. The number of anilines is 1. The van der Waals surface area contributed by atoms with Gasteiger partial charge in [-0.3, -0.25) is 0 Å². The number of fused-ring (bicyclic) bond motifs is 1. The summed E-state index contributed by atoms with van der Waals surface area (Å²) in [5, 5.41) is 9.24. The number of carbonyl (C=O) groups is 1. The zero-order valence-corrected chi connectivity index (χ0v) is 17.8. The van der Waals surface area contributed by atoms with Gasteiger partial charge in [0.25, 0.3) is 0 Å². The van der Waals surface area contributed by atoms with Gasteiger partial charge in [0, 0.05) is 31.7 Å². The fourth-order valence-electron chi connectivity index (χ4n) is 4.33. The Morgan fingerprint density at radius 1 is 1.03 bits per heavy atom. The SMILES string of the molecule is C.O=C(O)c1ccc(Cc2ncnc3c2c(F)cn3C2CCN(c3ncc(F)cn3)CC2)c(F)c1. The quantitative estimate of drug-likeness (QED) is 0.448. The first-order chi connectivity index (χ1) is 16.4. The fourth-order valence-corrected chi connectivity index (χ4v) is 4.33. The lowest BCUT2D eigenvalue weighted by atomic mass is 10.0. The van der Waals surface area contributed by atoms with Gasteiger partial charge in [0.15, 0.2) is 11.6 Å². The number of aromatic nitrogens is 5. The van der Waals surface area contributed by atoms with E-state index in [0.29, 0.717) is 43.2 Å². The largest absolute Gasteiger partial charge is 0.478 e. The van der Waals surface area contributed by atoms with Gasteiger partial charge in [-0.1, -0.05) is 13.5 Å². The minimum Gasteiger partial charge on any atom is -0.478 e. The van der Waals surface area contributed by atoms with Crippen LogP contribution in [0.2, 0.25) is 0 Å². The van der Waals surface area contributed by atoms with E-state index in [9.17, 15) is 13.6 Å². The number of hydrogen-bond acceptors (Lipinski definition) is 6. The lowest BCUT2D eigenvalue weighted by molar-refractivity contribution is 0.0696. The minimum absolute atomic E-state index is 0. The fraction of sp³-hybridized carbons (Fsp3) is 0.292. The van der Waals surface area contributed by atoms with Crippen LogP contribution in [0.15, 0.2) is 43.1 Å². The summed E-state index contributed by atoms with van der Waals surface area (Å²) < 4.78 is 44.4. The molecule has 3 aromatic heterocycles. The van der Waals surface area contributed by atoms with Crippen molar-refractivity contribution in [1.29, 1.82) is 0 Å². The maximum Gasteiger partial charge on any atom is 0.335 e. The molecule has 0 radical (unpaired) electrons. The Labute approximate surface area is 199 Å². The van der Waals surface area contributed by atoms with Crippen molar-refractivity contribution in [2.24, 2.45) is 0 Å². The van der Waals surface area contributed by atoms with Crippen molar-refractivity contribution in [2.75, 3.05) is 18.0 Å². The van der Waals surface area contributed by atoms with Crippen molar-refractivity contribution in [3.05, 3.63) is 77.4 Å². The van der Waals surface area contributed by atoms with E-state index in [2.05, 4.69) is 19.9 Å². The van der Waals surface area contributed by atoms with E-state index in [1.807, 2.05) is 4.90 Å². The van der Waals surface area contributed by atoms with Crippen molar-refractivity contribution >= 4 is 23.0 Å². The van der Waals surface area contributed by atoms with E-state index >= 15 is 4.39 Å². The van der Waals surface area contributed by atoms with Crippen LogP contribution in [-0.4, -0.2) is 48.7 Å². The molecule has 1 N–H and O–H groups in total. The third kappa shape index (κ3) is 4.66. The van der Waals surface area contributed by atoms with E-state index < -0.39 is 23.4 Å². The van der Waals surface area contributed by atoms with Crippen molar-refractivity contribution in [1.82, 2.24) is 24.5 Å². The van der Waals surface area contributed by atoms with Gasteiger partial charge in [-0.05, 0) is 30.5 Å². The standard InChI is InChI=1S/C23H19F3N6O2.CH4/c24-15-9-27-23(28-10-15)31-5-3-16(4-6-31)32-11-18(26)20-19(29-12-30-21(20)32)8-13-1-2-14(22(33)34)7-17(13)25;/h1-2,7,9-12,16H,3-6,8H2,(H,33,34);1H4. The van der Waals surface area contributed by atoms with Crippen LogP contribution in [0, 0.1) is 17.5 Å². The zero-order chi connectivity index (χ0) is 23.8. The van der Waals surface area contributed by atoms with Crippen molar-refractivity contribution in [2.45, 2.75) is 32.7 Å². The molecular weight excluding hydrogens is 461 g/mol. The monoisotopic (exact) mass is 484 g/mol. The molecule has 1 fully saturated rings. The summed E-state index contributed by atoms with van der Waals surface area (Å²) in [5.41, 5.74) is 0.787. The molecule has 1 saturated heterocycles. The van der Waals surface area contributed by atoms with Gasteiger partial charge in [-0.25, -0.2) is 37.9 Å². The molecule has 1 aliphatic heterocycles. The number of nitrogens with zero attached hydrogens (tertiary/aromatic N) is 6. The third-order valence-corrected chi connectivity index (χ3v) is 6.05. The van der Waals surface area contributed by atoms with Gasteiger partial charge >= 0.3 is 5.97 Å². The summed E-state index contributed by atoms with van der Waals surface area (Å²) in [5.74, 6) is -2.47. The number of hydrogen-bond donors (Lipinski definition) is 1. The number of rotatable bonds is 5. The maximum absolute atomic E-state index is 15.0. The molecule has 1 aromatic carbocycles. The Morgan fingerprint density at radius 2 is 1.74 bits per heavy atom. The van der Waals surface area contributed by atoms with Gasteiger partial charge in [-0.15, -0.1) is 0 Å². The Kier molecular flexibility index (Phi) is 6.68. The molecule has 4 heterocycles. The van der Waals surface area contributed by atoms with Gasteiger partial charge in [0.1, 0.15) is 17.8 Å². The van der Waals surface area contributed by atoms with Crippen LogP contribution in [0.5, 0.6) is 0 Å². The number of halogens is 3. The van der Waals surface area contributed by atoms with Crippen LogP contribution in [0.3, 0.4) is 0 Å². The van der Waals surface area contributed by atoms with E-state index in [-0.39, 0.29) is 36.4 Å². The highest BCUT2D eigenvalue weighted by Crippen LogP contribution is 2.31. The molecule has 0 amide bonds. The summed E-state index contributed by atoms with van der Waals surface area (Å²) in [4.78, 5) is 29.5. The lowest BCUT2D eigenvalue weighted by Gasteiger charge is -2.32. The molecule has 35 heavy (non-hydrogen) atoms. The molecule has 0 spiro atoms. The molecule has 0 bridgehead atoms. The topological polar surface area (TPSA) is 97.0 Å². The molecule has 1 aliphatic rings. The molecule has 11 heteroatoms. The van der Waals surface area contributed by atoms with Crippen LogP contribution in [0.1, 0.15) is 47.9 Å². The Hall–Kier alpha value is -4.02. The molecule has 4 aromatic rings. The van der Waals surface area contributed by atoms with E-state index in [1.54, 1.807) is 4.57 Å². The zero-order valence-electron chi connectivity index (χ0n) is 17.8. The third-order valence-electron chi connectivity index (χ3n) is 6.05. The van der Waals surface area contributed by atoms with E-state index in [0.717, 1.165) is 18.5 Å². The molecule has 182 valence electrons. The van der Waals surface area contributed by atoms with Crippen LogP contribution < -0.4 is 4.90 Å². The van der Waals surface area contributed by atoms with Crippen molar-refractivity contribution < 1.29 is 23.1 Å². The van der Waals surface area contributed by atoms with Gasteiger partial charge in [0.05, 0.1) is 29.0 Å². The average molecular weight is 484 g/mol. The normalized spacial score (nSPS) is 14.2. The summed E-state index contributed by atoms with van der Waals surface area (Å²) in [7, 11) is 0.